The van der Waals surface area contributed by atoms with E-state index in [1.54, 1.807) is 0 Å². The van der Waals surface area contributed by atoms with Crippen molar-refractivity contribution in [2.24, 2.45) is 0 Å². The van der Waals surface area contributed by atoms with Gasteiger partial charge in [-0.15, -0.1) is 0 Å². The van der Waals surface area contributed by atoms with E-state index in [0.29, 0.717) is 6.42 Å². The number of aromatic nitrogens is 2. The summed E-state index contributed by atoms with van der Waals surface area (Å²) in [7, 11) is 0. The number of hydrogen-bond acceptors (Lipinski definition) is 3. The summed E-state index contributed by atoms with van der Waals surface area (Å²) >= 11 is 0. The Balaban J connectivity index is 1.73. The number of fused-ring (bicyclic) bond motifs is 1. The van der Waals surface area contributed by atoms with Crippen molar-refractivity contribution in [2.75, 3.05) is 26.2 Å². The molecule has 1 N–H and O–H groups in total. The minimum absolute atomic E-state index is 0.0499. The van der Waals surface area contributed by atoms with Crippen LogP contribution >= 0.6 is 0 Å². The Kier molecular flexibility index (Phi) is 6.59. The van der Waals surface area contributed by atoms with Crippen LogP contribution in [-0.2, 0) is 11.2 Å². The van der Waals surface area contributed by atoms with E-state index >= 15 is 0 Å². The third kappa shape index (κ3) is 5.06. The average Bonchev–Trinajstić information content (AvgIpc) is 2.95. The van der Waals surface area contributed by atoms with Crippen LogP contribution in [0, 0.1) is 6.92 Å². The molecule has 2 rings (SSSR count). The Labute approximate surface area is 138 Å². The first-order valence-electron chi connectivity index (χ1n) is 8.56. The van der Waals surface area contributed by atoms with Gasteiger partial charge in [-0.25, -0.2) is 4.98 Å². The summed E-state index contributed by atoms with van der Waals surface area (Å²) in [6.45, 7) is 10.4. The largest absolute Gasteiger partial charge is 0.356 e. The summed E-state index contributed by atoms with van der Waals surface area (Å²) in [6, 6.07) is 4.02. The Hall–Kier alpha value is -1.88. The van der Waals surface area contributed by atoms with Gasteiger partial charge in [0.2, 0.25) is 5.91 Å². The van der Waals surface area contributed by atoms with E-state index in [1.807, 2.05) is 35.9 Å². The second-order valence-corrected chi connectivity index (χ2v) is 5.92. The number of carbonyl (C=O) groups excluding carboxylic acids is 1. The smallest absolute Gasteiger partial charge is 0.226 e. The van der Waals surface area contributed by atoms with Crippen molar-refractivity contribution >= 4 is 11.6 Å². The lowest BCUT2D eigenvalue weighted by Gasteiger charge is -2.17. The monoisotopic (exact) mass is 316 g/mol. The van der Waals surface area contributed by atoms with Crippen LogP contribution in [0.2, 0.25) is 0 Å². The molecule has 0 aliphatic rings. The molecule has 5 nitrogen and oxygen atoms in total. The Morgan fingerprint density at radius 3 is 2.78 bits per heavy atom. The van der Waals surface area contributed by atoms with Crippen molar-refractivity contribution < 1.29 is 4.79 Å². The SMILES string of the molecule is CCN(CC)CCCCNC(=O)Cc1cn2cccc(C)c2n1. The van der Waals surface area contributed by atoms with E-state index in [2.05, 4.69) is 29.0 Å². The maximum atomic E-state index is 12.0. The van der Waals surface area contributed by atoms with Crippen molar-refractivity contribution in [3.05, 3.63) is 35.8 Å². The van der Waals surface area contributed by atoms with E-state index in [1.165, 1.54) is 0 Å². The van der Waals surface area contributed by atoms with Crippen LogP contribution in [0.3, 0.4) is 0 Å². The number of nitrogens with one attached hydrogen (secondary N) is 1. The maximum absolute atomic E-state index is 12.0. The topological polar surface area (TPSA) is 49.6 Å². The highest BCUT2D eigenvalue weighted by Crippen LogP contribution is 2.10. The molecule has 0 unspecified atom stereocenters. The first-order valence-corrected chi connectivity index (χ1v) is 8.56. The molecule has 126 valence electrons. The summed E-state index contributed by atoms with van der Waals surface area (Å²) in [5.41, 5.74) is 2.87. The van der Waals surface area contributed by atoms with Gasteiger partial charge in [-0.3, -0.25) is 4.79 Å². The van der Waals surface area contributed by atoms with Gasteiger partial charge in [0.05, 0.1) is 12.1 Å². The van der Waals surface area contributed by atoms with Gasteiger partial charge in [-0.05, 0) is 51.0 Å². The number of nitrogens with zero attached hydrogens (tertiary/aromatic N) is 3. The van der Waals surface area contributed by atoms with E-state index in [4.69, 9.17) is 0 Å². The normalized spacial score (nSPS) is 11.3. The first-order chi connectivity index (χ1) is 11.1. The van der Waals surface area contributed by atoms with Crippen molar-refractivity contribution in [1.29, 1.82) is 0 Å². The summed E-state index contributed by atoms with van der Waals surface area (Å²) in [5.74, 6) is 0.0499. The van der Waals surface area contributed by atoms with Crippen LogP contribution < -0.4 is 5.32 Å². The highest BCUT2D eigenvalue weighted by molar-refractivity contribution is 5.78. The summed E-state index contributed by atoms with van der Waals surface area (Å²) in [4.78, 5) is 19.0. The third-order valence-corrected chi connectivity index (χ3v) is 4.19. The van der Waals surface area contributed by atoms with Crippen LogP contribution in [0.15, 0.2) is 24.5 Å². The van der Waals surface area contributed by atoms with Crippen LogP contribution in [-0.4, -0.2) is 46.4 Å². The van der Waals surface area contributed by atoms with Gasteiger partial charge in [-0.1, -0.05) is 19.9 Å². The molecular weight excluding hydrogens is 288 g/mol. The zero-order valence-electron chi connectivity index (χ0n) is 14.5. The number of imidazole rings is 1. The van der Waals surface area contributed by atoms with Gasteiger partial charge in [-0.2, -0.15) is 0 Å². The number of hydrogen-bond donors (Lipinski definition) is 1. The van der Waals surface area contributed by atoms with E-state index in [0.717, 1.165) is 55.9 Å². The number of unbranched alkanes of at least 4 members (excludes halogenated alkanes) is 1. The van der Waals surface area contributed by atoms with Gasteiger partial charge in [0, 0.05) is 18.9 Å². The van der Waals surface area contributed by atoms with Crippen LogP contribution in [0.1, 0.15) is 37.9 Å². The molecular formula is C18H28N4O. The van der Waals surface area contributed by atoms with Gasteiger partial charge in [0.1, 0.15) is 5.65 Å². The molecule has 0 aliphatic carbocycles. The highest BCUT2D eigenvalue weighted by Gasteiger charge is 2.08. The predicted octanol–water partition coefficient (Wildman–Crippen LogP) is 2.42. The summed E-state index contributed by atoms with van der Waals surface area (Å²) < 4.78 is 1.97. The molecule has 2 heterocycles. The lowest BCUT2D eigenvalue weighted by molar-refractivity contribution is -0.120. The fourth-order valence-electron chi connectivity index (χ4n) is 2.74. The number of carbonyl (C=O) groups is 1. The number of rotatable bonds is 9. The van der Waals surface area contributed by atoms with E-state index < -0.39 is 0 Å². The van der Waals surface area contributed by atoms with Crippen molar-refractivity contribution in [2.45, 2.75) is 40.0 Å². The molecule has 23 heavy (non-hydrogen) atoms. The zero-order chi connectivity index (χ0) is 16.7. The van der Waals surface area contributed by atoms with Gasteiger partial charge in [0.15, 0.2) is 0 Å². The van der Waals surface area contributed by atoms with Crippen molar-refractivity contribution in [3.8, 4) is 0 Å². The molecule has 2 aromatic rings. The average molecular weight is 316 g/mol. The lowest BCUT2D eigenvalue weighted by Crippen LogP contribution is -2.28. The molecule has 0 fully saturated rings. The molecule has 0 radical (unpaired) electrons. The summed E-state index contributed by atoms with van der Waals surface area (Å²) in [6.07, 6.45) is 6.38. The van der Waals surface area contributed by atoms with E-state index in [9.17, 15) is 4.79 Å². The molecule has 2 aromatic heterocycles. The Bertz CT molecular complexity index is 631. The molecule has 0 atom stereocenters. The zero-order valence-corrected chi connectivity index (χ0v) is 14.5. The molecule has 0 saturated carbocycles. The molecule has 1 amide bonds. The van der Waals surface area contributed by atoms with Crippen molar-refractivity contribution in [3.63, 3.8) is 0 Å². The van der Waals surface area contributed by atoms with Crippen LogP contribution in [0.5, 0.6) is 0 Å². The van der Waals surface area contributed by atoms with Gasteiger partial charge >= 0.3 is 0 Å². The molecule has 0 bridgehead atoms. The van der Waals surface area contributed by atoms with Crippen LogP contribution in [0.25, 0.3) is 5.65 Å². The van der Waals surface area contributed by atoms with Crippen molar-refractivity contribution in [1.82, 2.24) is 19.6 Å². The first kappa shape index (κ1) is 17.5. The minimum atomic E-state index is 0.0499. The molecule has 0 aromatic carbocycles. The van der Waals surface area contributed by atoms with Gasteiger partial charge in [0.25, 0.3) is 0 Å². The predicted molar refractivity (Wildman–Crippen MR) is 93.7 cm³/mol. The fourth-order valence-corrected chi connectivity index (χ4v) is 2.74. The highest BCUT2D eigenvalue weighted by atomic mass is 16.1. The Morgan fingerprint density at radius 1 is 1.30 bits per heavy atom. The molecule has 0 saturated heterocycles. The quantitative estimate of drug-likeness (QED) is 0.723. The molecule has 0 aliphatic heterocycles. The minimum Gasteiger partial charge on any atom is -0.356 e. The standard InChI is InChI=1S/C18H28N4O/c1-4-21(5-2)11-7-6-10-19-17(23)13-16-14-22-12-8-9-15(3)18(22)20-16/h8-9,12,14H,4-7,10-11,13H2,1-3H3,(H,19,23). The van der Waals surface area contributed by atoms with E-state index in [-0.39, 0.29) is 5.91 Å². The molecule has 5 heteroatoms. The fraction of sp³-hybridized carbons (Fsp3) is 0.556. The summed E-state index contributed by atoms with van der Waals surface area (Å²) in [5, 5.41) is 2.99. The van der Waals surface area contributed by atoms with Crippen LogP contribution in [0.4, 0.5) is 0 Å². The number of amides is 1. The lowest BCUT2D eigenvalue weighted by atomic mass is 10.2. The number of aryl methyl sites for hydroxylation is 1. The second-order valence-electron chi connectivity index (χ2n) is 5.92. The Morgan fingerprint density at radius 2 is 2.09 bits per heavy atom. The third-order valence-electron chi connectivity index (χ3n) is 4.19. The second kappa shape index (κ2) is 8.67. The molecule has 0 spiro atoms. The van der Waals surface area contributed by atoms with Gasteiger partial charge < -0.3 is 14.6 Å². The number of pyridine rings is 1. The maximum Gasteiger partial charge on any atom is 0.226 e.